The number of H-pyrrole nitrogens is 1. The van der Waals surface area contributed by atoms with Crippen LogP contribution in [-0.4, -0.2) is 33.6 Å². The molecular weight excluding hydrogens is 270 g/mol. The molecule has 0 bridgehead atoms. The minimum Gasteiger partial charge on any atom is -0.495 e. The maximum atomic E-state index is 11.8. The summed E-state index contributed by atoms with van der Waals surface area (Å²) in [4.78, 5) is 11.8. The van der Waals surface area contributed by atoms with E-state index >= 15 is 0 Å². The highest BCUT2D eigenvalue weighted by Crippen LogP contribution is 2.30. The van der Waals surface area contributed by atoms with Crippen LogP contribution in [0.1, 0.15) is 11.4 Å². The monoisotopic (exact) mass is 281 g/mol. The van der Waals surface area contributed by atoms with Crippen LogP contribution in [0.2, 0.25) is 5.02 Å². The number of halogens is 1. The summed E-state index contributed by atoms with van der Waals surface area (Å²) in [6.07, 6.45) is 0.0291. The molecular formula is C11H12ClN5O2. The normalized spacial score (nSPS) is 10.3. The predicted octanol–water partition coefficient (Wildman–Crippen LogP) is 1.35. The fourth-order valence-corrected chi connectivity index (χ4v) is 1.68. The molecule has 0 aliphatic heterocycles. The molecule has 0 spiro atoms. The number of tetrazole rings is 1. The second-order valence-corrected chi connectivity index (χ2v) is 4.26. The van der Waals surface area contributed by atoms with Crippen molar-refractivity contribution >= 4 is 23.2 Å². The van der Waals surface area contributed by atoms with Gasteiger partial charge in [-0.25, -0.2) is 0 Å². The van der Waals surface area contributed by atoms with Crippen molar-refractivity contribution in [3.05, 3.63) is 28.5 Å². The number of aryl methyl sites for hydroxylation is 1. The number of carbonyl (C=O) groups excluding carboxylic acids is 1. The number of anilines is 1. The Labute approximate surface area is 114 Å². The molecule has 2 N–H and O–H groups in total. The van der Waals surface area contributed by atoms with Crippen LogP contribution in [0.5, 0.6) is 5.75 Å². The lowest BCUT2D eigenvalue weighted by molar-refractivity contribution is -0.115. The summed E-state index contributed by atoms with van der Waals surface area (Å²) in [5, 5.41) is 16.4. The number of ether oxygens (including phenoxy) is 1. The van der Waals surface area contributed by atoms with Crippen LogP contribution < -0.4 is 10.1 Å². The Bertz CT molecular complexity index is 585. The van der Waals surface area contributed by atoms with E-state index in [1.54, 1.807) is 12.1 Å². The van der Waals surface area contributed by atoms with Crippen LogP contribution in [0.4, 0.5) is 5.69 Å². The van der Waals surface area contributed by atoms with Crippen molar-refractivity contribution < 1.29 is 9.53 Å². The number of nitrogens with one attached hydrogen (secondary N) is 2. The van der Waals surface area contributed by atoms with Gasteiger partial charge in [0.15, 0.2) is 5.82 Å². The first kappa shape index (κ1) is 13.3. The maximum Gasteiger partial charge on any atom is 0.232 e. The van der Waals surface area contributed by atoms with Gasteiger partial charge in [-0.05, 0) is 18.6 Å². The molecule has 0 fully saturated rings. The fourth-order valence-electron chi connectivity index (χ4n) is 1.53. The number of benzene rings is 1. The van der Waals surface area contributed by atoms with E-state index in [2.05, 4.69) is 25.9 Å². The highest BCUT2D eigenvalue weighted by atomic mass is 35.5. The molecule has 0 aliphatic carbocycles. The summed E-state index contributed by atoms with van der Waals surface area (Å²) < 4.78 is 5.17. The van der Waals surface area contributed by atoms with Gasteiger partial charge in [-0.3, -0.25) is 4.79 Å². The largest absolute Gasteiger partial charge is 0.495 e. The summed E-state index contributed by atoms with van der Waals surface area (Å²) in [6, 6.07) is 3.40. The van der Waals surface area contributed by atoms with E-state index in [4.69, 9.17) is 16.3 Å². The number of nitrogens with zero attached hydrogens (tertiary/aromatic N) is 3. The highest BCUT2D eigenvalue weighted by molar-refractivity contribution is 6.31. The van der Waals surface area contributed by atoms with Crippen molar-refractivity contribution in [2.24, 2.45) is 0 Å². The van der Waals surface area contributed by atoms with Gasteiger partial charge in [0.1, 0.15) is 5.75 Å². The van der Waals surface area contributed by atoms with Gasteiger partial charge < -0.3 is 10.1 Å². The van der Waals surface area contributed by atoms with Gasteiger partial charge in [0, 0.05) is 11.1 Å². The Morgan fingerprint density at radius 2 is 2.32 bits per heavy atom. The molecule has 0 saturated heterocycles. The summed E-state index contributed by atoms with van der Waals surface area (Å²) >= 11 is 5.99. The minimum atomic E-state index is -0.263. The van der Waals surface area contributed by atoms with Gasteiger partial charge >= 0.3 is 0 Å². The predicted molar refractivity (Wildman–Crippen MR) is 69.3 cm³/mol. The Kier molecular flexibility index (Phi) is 3.96. The molecule has 7 nitrogen and oxygen atoms in total. The quantitative estimate of drug-likeness (QED) is 0.882. The maximum absolute atomic E-state index is 11.8. The molecule has 1 aromatic carbocycles. The van der Waals surface area contributed by atoms with Crippen molar-refractivity contribution in [3.63, 3.8) is 0 Å². The van der Waals surface area contributed by atoms with E-state index in [9.17, 15) is 4.79 Å². The summed E-state index contributed by atoms with van der Waals surface area (Å²) in [6.45, 7) is 1.84. The zero-order valence-electron chi connectivity index (χ0n) is 10.4. The zero-order chi connectivity index (χ0) is 13.8. The topological polar surface area (TPSA) is 92.8 Å². The minimum absolute atomic E-state index is 0.0291. The molecule has 100 valence electrons. The number of aromatic amines is 1. The first-order valence-corrected chi connectivity index (χ1v) is 5.84. The lowest BCUT2D eigenvalue weighted by Gasteiger charge is -2.11. The van der Waals surface area contributed by atoms with E-state index in [0.29, 0.717) is 22.3 Å². The third kappa shape index (κ3) is 3.19. The van der Waals surface area contributed by atoms with E-state index in [1.165, 1.54) is 7.11 Å². The summed E-state index contributed by atoms with van der Waals surface area (Å²) in [7, 11) is 1.51. The number of rotatable bonds is 4. The second kappa shape index (κ2) is 5.66. The molecule has 0 saturated carbocycles. The third-order valence-corrected chi connectivity index (χ3v) is 2.87. The van der Waals surface area contributed by atoms with Gasteiger partial charge in [-0.15, -0.1) is 10.2 Å². The Morgan fingerprint density at radius 3 is 2.95 bits per heavy atom. The molecule has 0 unspecified atom stereocenters. The first-order chi connectivity index (χ1) is 9.10. The van der Waals surface area contributed by atoms with Crippen LogP contribution in [-0.2, 0) is 11.2 Å². The Balaban J connectivity index is 2.14. The molecule has 2 rings (SSSR count). The van der Waals surface area contributed by atoms with Gasteiger partial charge in [0.05, 0.1) is 19.2 Å². The standard InChI is InChI=1S/C11H12ClN5O2/c1-6-3-8(9(19-2)4-7(6)12)13-11(18)5-10-14-16-17-15-10/h3-4H,5H2,1-2H3,(H,13,18)(H,14,15,16,17). The summed E-state index contributed by atoms with van der Waals surface area (Å²) in [5.74, 6) is 0.556. The zero-order valence-corrected chi connectivity index (χ0v) is 11.2. The molecule has 1 heterocycles. The number of hydrogen-bond acceptors (Lipinski definition) is 5. The Hall–Kier alpha value is -2.15. The van der Waals surface area contributed by atoms with Gasteiger partial charge in [0.2, 0.25) is 5.91 Å². The van der Waals surface area contributed by atoms with E-state index in [0.717, 1.165) is 5.56 Å². The fraction of sp³-hybridized carbons (Fsp3) is 0.273. The number of carbonyl (C=O) groups is 1. The van der Waals surface area contributed by atoms with Crippen molar-refractivity contribution in [1.29, 1.82) is 0 Å². The smallest absolute Gasteiger partial charge is 0.232 e. The average molecular weight is 282 g/mol. The van der Waals surface area contributed by atoms with Crippen molar-refractivity contribution in [1.82, 2.24) is 20.6 Å². The number of hydrogen-bond donors (Lipinski definition) is 2. The molecule has 2 aromatic rings. The molecule has 1 amide bonds. The summed E-state index contributed by atoms with van der Waals surface area (Å²) in [5.41, 5.74) is 1.40. The van der Waals surface area contributed by atoms with Crippen molar-refractivity contribution in [2.45, 2.75) is 13.3 Å². The number of methoxy groups -OCH3 is 1. The average Bonchev–Trinajstić information content (AvgIpc) is 2.86. The van der Waals surface area contributed by atoms with Crippen LogP contribution >= 0.6 is 11.6 Å². The molecule has 0 atom stereocenters. The molecule has 8 heteroatoms. The molecule has 19 heavy (non-hydrogen) atoms. The lowest BCUT2D eigenvalue weighted by atomic mass is 10.2. The van der Waals surface area contributed by atoms with Crippen molar-refractivity contribution in [3.8, 4) is 5.75 Å². The number of amides is 1. The second-order valence-electron chi connectivity index (χ2n) is 3.85. The first-order valence-electron chi connectivity index (χ1n) is 5.46. The molecule has 0 radical (unpaired) electrons. The van der Waals surface area contributed by atoms with E-state index in [-0.39, 0.29) is 12.3 Å². The van der Waals surface area contributed by atoms with E-state index < -0.39 is 0 Å². The number of aromatic nitrogens is 4. The molecule has 0 aliphatic rings. The van der Waals surface area contributed by atoms with Gasteiger partial charge in [-0.2, -0.15) is 5.21 Å². The molecule has 1 aromatic heterocycles. The van der Waals surface area contributed by atoms with E-state index in [1.807, 2.05) is 6.92 Å². The Morgan fingerprint density at radius 1 is 1.53 bits per heavy atom. The SMILES string of the molecule is COc1cc(Cl)c(C)cc1NC(=O)Cc1nn[nH]n1. The van der Waals surface area contributed by atoms with Crippen LogP contribution in [0, 0.1) is 6.92 Å². The van der Waals surface area contributed by atoms with Crippen LogP contribution in [0.15, 0.2) is 12.1 Å². The van der Waals surface area contributed by atoms with Crippen molar-refractivity contribution in [2.75, 3.05) is 12.4 Å². The lowest BCUT2D eigenvalue weighted by Crippen LogP contribution is -2.16. The van der Waals surface area contributed by atoms with Gasteiger partial charge in [0.25, 0.3) is 0 Å². The highest BCUT2D eigenvalue weighted by Gasteiger charge is 2.12. The van der Waals surface area contributed by atoms with Gasteiger partial charge in [-0.1, -0.05) is 16.8 Å². The van der Waals surface area contributed by atoms with Crippen LogP contribution in [0.3, 0.4) is 0 Å². The van der Waals surface area contributed by atoms with Crippen LogP contribution in [0.25, 0.3) is 0 Å². The third-order valence-electron chi connectivity index (χ3n) is 2.46.